The van der Waals surface area contributed by atoms with Crippen molar-refractivity contribution < 1.29 is 15.0 Å². The molecule has 0 aromatic carbocycles. The average Bonchev–Trinajstić information content (AvgIpc) is 3.20. The van der Waals surface area contributed by atoms with Crippen LogP contribution in [0.5, 0.6) is 0 Å². The molecule has 4 aliphatic carbocycles. The summed E-state index contributed by atoms with van der Waals surface area (Å²) >= 11 is 0. The minimum Gasteiger partial charge on any atom is -0.393 e. The third-order valence-electron chi connectivity index (χ3n) is 12.4. The van der Waals surface area contributed by atoms with E-state index in [0.29, 0.717) is 29.1 Å². The maximum absolute atomic E-state index is 13.0. The third-order valence-corrected chi connectivity index (χ3v) is 12.4. The fourth-order valence-electron chi connectivity index (χ4n) is 9.85. The van der Waals surface area contributed by atoms with Gasteiger partial charge in [0.05, 0.1) is 11.7 Å². The Morgan fingerprint density at radius 2 is 1.83 bits per heavy atom. The quantitative estimate of drug-likeness (QED) is 0.462. The average molecular weight is 486 g/mol. The molecule has 0 aromatic rings. The molecule has 5 aliphatic rings. The third kappa shape index (κ3) is 4.43. The highest BCUT2D eigenvalue weighted by molar-refractivity contribution is 5.76. The fourth-order valence-corrected chi connectivity index (χ4v) is 9.85. The highest BCUT2D eigenvalue weighted by Crippen LogP contribution is 2.67. The minimum absolute atomic E-state index is 0.123. The maximum atomic E-state index is 13.0. The van der Waals surface area contributed by atoms with E-state index in [1.54, 1.807) is 5.57 Å². The molecule has 0 spiro atoms. The first-order valence-corrected chi connectivity index (χ1v) is 15.0. The van der Waals surface area contributed by atoms with Gasteiger partial charge in [-0.2, -0.15) is 0 Å². The summed E-state index contributed by atoms with van der Waals surface area (Å²) in [6.07, 6.45) is 16.0. The van der Waals surface area contributed by atoms with Crippen LogP contribution in [-0.2, 0) is 4.79 Å². The van der Waals surface area contributed by atoms with E-state index in [0.717, 1.165) is 75.3 Å². The molecule has 1 unspecified atom stereocenters. The van der Waals surface area contributed by atoms with E-state index in [1.165, 1.54) is 38.5 Å². The highest BCUT2D eigenvalue weighted by atomic mass is 16.3. The Labute approximate surface area is 213 Å². The van der Waals surface area contributed by atoms with Crippen molar-refractivity contribution >= 4 is 5.91 Å². The Morgan fingerprint density at radius 1 is 1.09 bits per heavy atom. The molecule has 1 amide bonds. The normalized spacial score (nSPS) is 43.5. The lowest BCUT2D eigenvalue weighted by atomic mass is 9.47. The van der Waals surface area contributed by atoms with Gasteiger partial charge in [0.2, 0.25) is 5.91 Å². The maximum Gasteiger partial charge on any atom is 0.222 e. The Kier molecular flexibility index (Phi) is 6.96. The molecule has 3 saturated carbocycles. The predicted molar refractivity (Wildman–Crippen MR) is 141 cm³/mol. The second-order valence-corrected chi connectivity index (χ2v) is 13.9. The summed E-state index contributed by atoms with van der Waals surface area (Å²) in [5.74, 6) is 4.05. The molecule has 4 heteroatoms. The number of piperidine rings is 1. The lowest BCUT2D eigenvalue weighted by Crippen LogP contribution is -2.50. The van der Waals surface area contributed by atoms with Crippen LogP contribution in [0.25, 0.3) is 0 Å². The molecule has 2 N–H and O–H groups in total. The van der Waals surface area contributed by atoms with Gasteiger partial charge in [0.15, 0.2) is 0 Å². The number of hydrogen-bond acceptors (Lipinski definition) is 3. The van der Waals surface area contributed by atoms with Crippen LogP contribution in [0.15, 0.2) is 11.6 Å². The van der Waals surface area contributed by atoms with Gasteiger partial charge in [-0.25, -0.2) is 0 Å². The van der Waals surface area contributed by atoms with E-state index >= 15 is 0 Å². The van der Waals surface area contributed by atoms with E-state index in [4.69, 9.17) is 0 Å². The number of allylic oxidation sites excluding steroid dienone is 1. The van der Waals surface area contributed by atoms with E-state index in [1.807, 2.05) is 11.8 Å². The molecule has 1 heterocycles. The lowest BCUT2D eigenvalue weighted by Gasteiger charge is -2.58. The Hall–Kier alpha value is -0.870. The molecule has 0 aromatic heterocycles. The van der Waals surface area contributed by atoms with Crippen LogP contribution < -0.4 is 0 Å². The number of aliphatic hydroxyl groups is 2. The van der Waals surface area contributed by atoms with Crippen LogP contribution in [0.2, 0.25) is 0 Å². The molecule has 4 nitrogen and oxygen atoms in total. The molecule has 1 aliphatic heterocycles. The summed E-state index contributed by atoms with van der Waals surface area (Å²) in [5, 5.41) is 20.8. The van der Waals surface area contributed by atoms with Crippen molar-refractivity contribution in [3.8, 4) is 0 Å². The van der Waals surface area contributed by atoms with Gasteiger partial charge in [-0.05, 0) is 117 Å². The number of nitrogens with zero attached hydrogens (tertiary/aromatic N) is 1. The zero-order chi connectivity index (χ0) is 25.0. The molecular formula is C31H51NO3. The predicted octanol–water partition coefficient (Wildman–Crippen LogP) is 6.11. The molecule has 8 atom stereocenters. The summed E-state index contributed by atoms with van der Waals surface area (Å²) in [6.45, 7) is 11.0. The first kappa shape index (κ1) is 25.8. The van der Waals surface area contributed by atoms with Crippen LogP contribution in [0.1, 0.15) is 111 Å². The number of likely N-dealkylation sites (tertiary alicyclic amines) is 1. The van der Waals surface area contributed by atoms with Gasteiger partial charge in [-0.3, -0.25) is 4.79 Å². The first-order valence-electron chi connectivity index (χ1n) is 15.0. The number of aliphatic hydroxyl groups excluding tert-OH is 1. The second-order valence-electron chi connectivity index (χ2n) is 13.9. The molecule has 198 valence electrons. The smallest absolute Gasteiger partial charge is 0.222 e. The summed E-state index contributed by atoms with van der Waals surface area (Å²) in [5.41, 5.74) is 1.75. The Bertz CT molecular complexity index is 829. The van der Waals surface area contributed by atoms with Gasteiger partial charge in [-0.1, -0.05) is 39.3 Å². The monoisotopic (exact) mass is 485 g/mol. The molecule has 0 bridgehead atoms. The first-order chi connectivity index (χ1) is 16.6. The summed E-state index contributed by atoms with van der Waals surface area (Å²) in [6, 6.07) is 0. The van der Waals surface area contributed by atoms with Crippen LogP contribution in [0.3, 0.4) is 0 Å². The molecule has 1 saturated heterocycles. The number of amides is 1. The second kappa shape index (κ2) is 9.46. The number of carbonyl (C=O) groups is 1. The van der Waals surface area contributed by atoms with Crippen molar-refractivity contribution in [1.82, 2.24) is 4.90 Å². The Morgan fingerprint density at radius 3 is 2.54 bits per heavy atom. The number of fused-ring (bicyclic) bond motifs is 5. The van der Waals surface area contributed by atoms with Gasteiger partial charge in [-0.15, -0.1) is 0 Å². The van der Waals surface area contributed by atoms with E-state index in [-0.39, 0.29) is 6.10 Å². The van der Waals surface area contributed by atoms with E-state index < -0.39 is 5.60 Å². The zero-order valence-electron chi connectivity index (χ0n) is 22.9. The standard InChI is InChI=1S/C31H51NO3/c1-5-31(35)16-18-32(19-17-31)28(34)11-6-21(2)25-9-10-26-24-8-7-22-20-23(33)12-14-29(22,3)27(24)13-15-30(25,26)4/h7,21,23-27,33,35H,5-6,8-20H2,1-4H3/t21?,23-,24-,25+,26-,27-,29-,30+/m0/s1. The number of hydrogen-bond donors (Lipinski definition) is 2. The summed E-state index contributed by atoms with van der Waals surface area (Å²) < 4.78 is 0. The minimum atomic E-state index is -0.556. The Balaban J connectivity index is 1.20. The molecular weight excluding hydrogens is 434 g/mol. The molecule has 35 heavy (non-hydrogen) atoms. The summed E-state index contributed by atoms with van der Waals surface area (Å²) in [4.78, 5) is 15.0. The highest BCUT2D eigenvalue weighted by Gasteiger charge is 2.59. The SMILES string of the molecule is CCC1(O)CCN(C(=O)CCC(C)[C@H]2CC[C@H]3[C@@H]4CC=C5C[C@@H](O)CC[C@]5(C)[C@H]4CC[C@]23C)CC1. The van der Waals surface area contributed by atoms with Crippen molar-refractivity contribution in [1.29, 1.82) is 0 Å². The summed E-state index contributed by atoms with van der Waals surface area (Å²) in [7, 11) is 0. The van der Waals surface area contributed by atoms with Crippen molar-refractivity contribution in [2.75, 3.05) is 13.1 Å². The number of carbonyl (C=O) groups excluding carboxylic acids is 1. The fraction of sp³-hybridized carbons (Fsp3) is 0.903. The van der Waals surface area contributed by atoms with Crippen LogP contribution in [-0.4, -0.2) is 45.8 Å². The van der Waals surface area contributed by atoms with Gasteiger partial charge >= 0.3 is 0 Å². The topological polar surface area (TPSA) is 60.8 Å². The molecule has 0 radical (unpaired) electrons. The van der Waals surface area contributed by atoms with Gasteiger partial charge < -0.3 is 15.1 Å². The van der Waals surface area contributed by atoms with Gasteiger partial charge in [0.25, 0.3) is 0 Å². The van der Waals surface area contributed by atoms with Crippen molar-refractivity contribution in [3.05, 3.63) is 11.6 Å². The van der Waals surface area contributed by atoms with Crippen molar-refractivity contribution in [2.24, 2.45) is 40.4 Å². The van der Waals surface area contributed by atoms with Crippen molar-refractivity contribution in [2.45, 2.75) is 123 Å². The van der Waals surface area contributed by atoms with Gasteiger partial charge in [0.1, 0.15) is 0 Å². The van der Waals surface area contributed by atoms with E-state index in [2.05, 4.69) is 26.8 Å². The van der Waals surface area contributed by atoms with Crippen molar-refractivity contribution in [3.63, 3.8) is 0 Å². The van der Waals surface area contributed by atoms with Gasteiger partial charge in [0, 0.05) is 19.5 Å². The van der Waals surface area contributed by atoms with Crippen LogP contribution in [0.4, 0.5) is 0 Å². The molecule has 4 fully saturated rings. The molecule has 5 rings (SSSR count). The van der Waals surface area contributed by atoms with Crippen LogP contribution >= 0.6 is 0 Å². The zero-order valence-corrected chi connectivity index (χ0v) is 22.9. The van der Waals surface area contributed by atoms with Crippen LogP contribution in [0, 0.1) is 40.4 Å². The lowest BCUT2D eigenvalue weighted by molar-refractivity contribution is -0.136. The number of rotatable bonds is 5. The largest absolute Gasteiger partial charge is 0.393 e. The van der Waals surface area contributed by atoms with E-state index in [9.17, 15) is 15.0 Å².